The SMILES string of the molecule is O=C(NCc1ccccc1)n1cnc2ccc(N3CCCC3c3cc(F)ccc3F)nc21. The first-order valence-corrected chi connectivity index (χ1v) is 10.5. The standard InChI is InChI=1S/C24H21F2N5O/c25-17-8-9-19(26)18(13-17)21-7-4-12-30(21)22-11-10-20-23(29-22)31(15-28-20)24(32)27-14-16-5-2-1-3-6-16/h1-3,5-6,8-11,13,15,21H,4,7,12,14H2,(H,27,32). The van der Waals surface area contributed by atoms with Crippen LogP contribution in [0.3, 0.4) is 0 Å². The zero-order valence-electron chi connectivity index (χ0n) is 17.2. The van der Waals surface area contributed by atoms with Crippen molar-refractivity contribution in [3.8, 4) is 0 Å². The van der Waals surface area contributed by atoms with Crippen LogP contribution in [0.2, 0.25) is 0 Å². The third-order valence-corrected chi connectivity index (χ3v) is 5.75. The summed E-state index contributed by atoms with van der Waals surface area (Å²) in [6, 6.07) is 16.1. The summed E-state index contributed by atoms with van der Waals surface area (Å²) in [6.45, 7) is 1.04. The summed E-state index contributed by atoms with van der Waals surface area (Å²) < 4.78 is 29.6. The molecular formula is C24H21F2N5O. The molecule has 2 aromatic carbocycles. The maximum atomic E-state index is 14.4. The second kappa shape index (κ2) is 8.37. The molecule has 4 aromatic rings. The molecule has 1 aliphatic heterocycles. The van der Waals surface area contributed by atoms with E-state index in [0.29, 0.717) is 42.1 Å². The lowest BCUT2D eigenvalue weighted by Gasteiger charge is -2.26. The molecule has 0 bridgehead atoms. The number of nitrogens with zero attached hydrogens (tertiary/aromatic N) is 4. The largest absolute Gasteiger partial charge is 0.349 e. The van der Waals surface area contributed by atoms with Crippen molar-refractivity contribution in [1.82, 2.24) is 19.9 Å². The van der Waals surface area contributed by atoms with E-state index in [0.717, 1.165) is 24.1 Å². The van der Waals surface area contributed by atoms with Crippen LogP contribution in [-0.4, -0.2) is 27.1 Å². The van der Waals surface area contributed by atoms with Crippen LogP contribution in [0.5, 0.6) is 0 Å². The molecule has 162 valence electrons. The fourth-order valence-electron chi connectivity index (χ4n) is 4.19. The molecule has 0 spiro atoms. The topological polar surface area (TPSA) is 63.1 Å². The van der Waals surface area contributed by atoms with E-state index in [2.05, 4.69) is 15.3 Å². The first-order valence-electron chi connectivity index (χ1n) is 10.5. The van der Waals surface area contributed by atoms with Gasteiger partial charge in [-0.1, -0.05) is 30.3 Å². The number of aromatic nitrogens is 3. The Labute approximate surface area is 183 Å². The van der Waals surface area contributed by atoms with Crippen LogP contribution in [0.15, 0.2) is 67.0 Å². The Morgan fingerprint density at radius 1 is 1.09 bits per heavy atom. The van der Waals surface area contributed by atoms with Gasteiger partial charge in [-0.25, -0.2) is 28.1 Å². The lowest BCUT2D eigenvalue weighted by atomic mass is 10.0. The average molecular weight is 433 g/mol. The van der Waals surface area contributed by atoms with E-state index in [1.165, 1.54) is 17.0 Å². The number of hydrogen-bond acceptors (Lipinski definition) is 4. The van der Waals surface area contributed by atoms with E-state index < -0.39 is 11.6 Å². The predicted molar refractivity (Wildman–Crippen MR) is 117 cm³/mol. The number of imidazole rings is 1. The lowest BCUT2D eigenvalue weighted by Crippen LogP contribution is -2.28. The number of benzene rings is 2. The number of hydrogen-bond donors (Lipinski definition) is 1. The number of rotatable bonds is 4. The molecule has 8 heteroatoms. The Bertz CT molecular complexity index is 1270. The van der Waals surface area contributed by atoms with Gasteiger partial charge in [-0.2, -0.15) is 0 Å². The van der Waals surface area contributed by atoms with Crippen molar-refractivity contribution in [2.24, 2.45) is 0 Å². The van der Waals surface area contributed by atoms with Crippen LogP contribution in [-0.2, 0) is 6.54 Å². The van der Waals surface area contributed by atoms with Gasteiger partial charge in [0.2, 0.25) is 0 Å². The van der Waals surface area contributed by atoms with Crippen molar-refractivity contribution in [2.75, 3.05) is 11.4 Å². The molecule has 6 nitrogen and oxygen atoms in total. The molecule has 1 amide bonds. The minimum atomic E-state index is -0.468. The zero-order chi connectivity index (χ0) is 22.1. The molecule has 0 saturated carbocycles. The minimum Gasteiger partial charge on any atom is -0.349 e. The third kappa shape index (κ3) is 3.79. The van der Waals surface area contributed by atoms with Crippen molar-refractivity contribution >= 4 is 23.0 Å². The highest BCUT2D eigenvalue weighted by Crippen LogP contribution is 2.37. The van der Waals surface area contributed by atoms with Gasteiger partial charge in [0.05, 0.1) is 6.04 Å². The van der Waals surface area contributed by atoms with Crippen LogP contribution in [0, 0.1) is 11.6 Å². The summed E-state index contributed by atoms with van der Waals surface area (Å²) >= 11 is 0. The van der Waals surface area contributed by atoms with Crippen LogP contribution in [0.4, 0.5) is 19.4 Å². The van der Waals surface area contributed by atoms with Crippen LogP contribution in [0.1, 0.15) is 30.0 Å². The van der Waals surface area contributed by atoms with Gasteiger partial charge in [-0.3, -0.25) is 0 Å². The molecule has 5 rings (SSSR count). The maximum absolute atomic E-state index is 14.4. The molecular weight excluding hydrogens is 412 g/mol. The van der Waals surface area contributed by atoms with Gasteiger partial charge in [0.25, 0.3) is 0 Å². The zero-order valence-corrected chi connectivity index (χ0v) is 17.2. The van der Waals surface area contributed by atoms with Gasteiger partial charge in [0, 0.05) is 18.7 Å². The van der Waals surface area contributed by atoms with Crippen LogP contribution < -0.4 is 10.2 Å². The molecule has 1 unspecified atom stereocenters. The molecule has 0 radical (unpaired) electrons. The van der Waals surface area contributed by atoms with Crippen molar-refractivity contribution in [1.29, 1.82) is 0 Å². The molecule has 1 fully saturated rings. The van der Waals surface area contributed by atoms with E-state index >= 15 is 0 Å². The van der Waals surface area contributed by atoms with Crippen molar-refractivity contribution in [3.63, 3.8) is 0 Å². The van der Waals surface area contributed by atoms with Gasteiger partial charge >= 0.3 is 6.03 Å². The summed E-state index contributed by atoms with van der Waals surface area (Å²) in [6.07, 6.45) is 2.96. The molecule has 1 saturated heterocycles. The van der Waals surface area contributed by atoms with Crippen molar-refractivity contribution in [2.45, 2.75) is 25.4 Å². The molecule has 3 heterocycles. The molecule has 1 aliphatic rings. The number of pyridine rings is 1. The van der Waals surface area contributed by atoms with Gasteiger partial charge in [0.1, 0.15) is 29.3 Å². The Balaban J connectivity index is 1.43. The van der Waals surface area contributed by atoms with E-state index in [1.807, 2.05) is 35.2 Å². The Hall–Kier alpha value is -3.81. The smallest absolute Gasteiger partial charge is 0.328 e. The van der Waals surface area contributed by atoms with E-state index in [4.69, 9.17) is 0 Å². The first kappa shape index (κ1) is 20.1. The Morgan fingerprint density at radius 2 is 1.94 bits per heavy atom. The maximum Gasteiger partial charge on any atom is 0.328 e. The van der Waals surface area contributed by atoms with Gasteiger partial charge in [0.15, 0.2) is 5.65 Å². The molecule has 32 heavy (non-hydrogen) atoms. The summed E-state index contributed by atoms with van der Waals surface area (Å²) in [5.41, 5.74) is 2.30. The number of carbonyl (C=O) groups is 1. The second-order valence-electron chi connectivity index (χ2n) is 7.79. The van der Waals surface area contributed by atoms with Gasteiger partial charge in [-0.05, 0) is 48.7 Å². The first-order chi connectivity index (χ1) is 15.6. The minimum absolute atomic E-state index is 0.318. The third-order valence-electron chi connectivity index (χ3n) is 5.75. The number of nitrogens with one attached hydrogen (secondary N) is 1. The monoisotopic (exact) mass is 433 g/mol. The molecule has 0 aliphatic carbocycles. The fourth-order valence-corrected chi connectivity index (χ4v) is 4.19. The number of amides is 1. The predicted octanol–water partition coefficient (Wildman–Crippen LogP) is 4.81. The number of carbonyl (C=O) groups excluding carboxylic acids is 1. The number of halogens is 2. The summed E-state index contributed by atoms with van der Waals surface area (Å²) in [5, 5.41) is 2.87. The highest BCUT2D eigenvalue weighted by Gasteiger charge is 2.30. The Morgan fingerprint density at radius 3 is 2.78 bits per heavy atom. The Kier molecular flexibility index (Phi) is 5.26. The van der Waals surface area contributed by atoms with Gasteiger partial charge < -0.3 is 10.2 Å². The van der Waals surface area contributed by atoms with Crippen molar-refractivity contribution < 1.29 is 13.6 Å². The second-order valence-corrected chi connectivity index (χ2v) is 7.79. The van der Waals surface area contributed by atoms with Gasteiger partial charge in [-0.15, -0.1) is 0 Å². The number of fused-ring (bicyclic) bond motifs is 1. The molecule has 2 aromatic heterocycles. The normalized spacial score (nSPS) is 15.9. The lowest BCUT2D eigenvalue weighted by molar-refractivity contribution is 0.242. The molecule has 1 N–H and O–H groups in total. The summed E-state index contributed by atoms with van der Waals surface area (Å²) in [4.78, 5) is 23.7. The van der Waals surface area contributed by atoms with E-state index in [1.54, 1.807) is 12.1 Å². The highest BCUT2D eigenvalue weighted by atomic mass is 19.1. The quantitative estimate of drug-likeness (QED) is 0.502. The highest BCUT2D eigenvalue weighted by molar-refractivity contribution is 5.87. The average Bonchev–Trinajstić information content (AvgIpc) is 3.46. The number of anilines is 1. The summed E-state index contributed by atoms with van der Waals surface area (Å²) in [7, 11) is 0. The van der Waals surface area contributed by atoms with Crippen LogP contribution >= 0.6 is 0 Å². The fraction of sp³-hybridized carbons (Fsp3) is 0.208. The summed E-state index contributed by atoms with van der Waals surface area (Å²) in [5.74, 6) is -0.305. The van der Waals surface area contributed by atoms with Crippen molar-refractivity contribution in [3.05, 3.63) is 89.8 Å². The van der Waals surface area contributed by atoms with E-state index in [9.17, 15) is 13.6 Å². The van der Waals surface area contributed by atoms with E-state index in [-0.39, 0.29) is 12.1 Å². The van der Waals surface area contributed by atoms with Crippen LogP contribution in [0.25, 0.3) is 11.2 Å². The molecule has 1 atom stereocenters.